The van der Waals surface area contributed by atoms with E-state index in [0.717, 1.165) is 20.9 Å². The summed E-state index contributed by atoms with van der Waals surface area (Å²) in [6.07, 6.45) is 3.89. The fraction of sp³-hybridized carbons (Fsp3) is 0. The van der Waals surface area contributed by atoms with Gasteiger partial charge in [0.2, 0.25) is 0 Å². The molecule has 0 saturated carbocycles. The van der Waals surface area contributed by atoms with Crippen LogP contribution < -0.4 is 0 Å². The van der Waals surface area contributed by atoms with Crippen molar-refractivity contribution in [3.8, 4) is 12.1 Å². The molecule has 0 fully saturated rings. The van der Waals surface area contributed by atoms with Crippen molar-refractivity contribution in [1.82, 2.24) is 0 Å². The standard InChI is InChI=1S/C26H14N2S2/c27-15-19(25-3-1-9-29-25)11-17-5-7-21-22-8-6-18(14-24(22)23(21)13-17)12-20(16-28)26-4-2-10-30-26/h1-14H/b19-11+,20-12+. The lowest BCUT2D eigenvalue weighted by Gasteiger charge is -2.07. The molecule has 0 amide bonds. The summed E-state index contributed by atoms with van der Waals surface area (Å²) in [5, 5.41) is 27.9. The molecule has 4 heteroatoms. The molecular formula is C26H14N2S2. The van der Waals surface area contributed by atoms with Crippen molar-refractivity contribution < 1.29 is 0 Å². The van der Waals surface area contributed by atoms with Crippen molar-refractivity contribution in [3.05, 3.63) is 113 Å². The molecular weight excluding hydrogens is 404 g/mol. The summed E-state index contributed by atoms with van der Waals surface area (Å²) in [6, 6.07) is 25.1. The Balaban J connectivity index is 1.60. The molecule has 2 heterocycles. The van der Waals surface area contributed by atoms with Crippen LogP contribution in [0.5, 0.6) is 0 Å². The monoisotopic (exact) mass is 418 g/mol. The molecule has 0 radical (unpaired) electrons. The minimum atomic E-state index is 0.677. The largest absolute Gasteiger partial charge is 0.192 e. The maximum atomic E-state index is 9.53. The zero-order valence-electron chi connectivity index (χ0n) is 15.8. The highest BCUT2D eigenvalue weighted by Crippen LogP contribution is 2.25. The van der Waals surface area contributed by atoms with E-state index in [4.69, 9.17) is 0 Å². The Labute approximate surface area is 181 Å². The normalized spacial score (nSPS) is 12.3. The Morgan fingerprint density at radius 2 is 1.10 bits per heavy atom. The summed E-state index contributed by atoms with van der Waals surface area (Å²) in [5.41, 5.74) is 3.38. The van der Waals surface area contributed by atoms with Crippen molar-refractivity contribution in [2.75, 3.05) is 0 Å². The smallest absolute Gasteiger partial charge is 0.101 e. The number of rotatable bonds is 4. The van der Waals surface area contributed by atoms with Crippen molar-refractivity contribution in [3.63, 3.8) is 0 Å². The van der Waals surface area contributed by atoms with Crippen molar-refractivity contribution in [2.45, 2.75) is 0 Å². The molecule has 2 nitrogen and oxygen atoms in total. The lowest BCUT2D eigenvalue weighted by molar-refractivity contribution is 1.28. The predicted molar refractivity (Wildman–Crippen MR) is 124 cm³/mol. The summed E-state index contributed by atoms with van der Waals surface area (Å²) in [4.78, 5) is 1.95. The first-order chi connectivity index (χ1) is 14.8. The number of nitriles is 2. The summed E-state index contributed by atoms with van der Waals surface area (Å²) in [6.45, 7) is 0. The van der Waals surface area contributed by atoms with Crippen LogP contribution in [-0.4, -0.2) is 0 Å². The van der Waals surface area contributed by atoms with Crippen molar-refractivity contribution >= 4 is 46.0 Å². The fourth-order valence-electron chi connectivity index (χ4n) is 3.67. The average Bonchev–Trinajstić information content (AvgIpc) is 3.49. The molecule has 4 aromatic rings. The van der Waals surface area contributed by atoms with Crippen LogP contribution in [0.1, 0.15) is 20.9 Å². The number of fused-ring (bicyclic) bond motifs is 2. The van der Waals surface area contributed by atoms with E-state index < -0.39 is 0 Å². The molecule has 0 N–H and O–H groups in total. The lowest BCUT2D eigenvalue weighted by Crippen LogP contribution is -1.93. The zero-order chi connectivity index (χ0) is 20.5. The number of hydrogen-bond acceptors (Lipinski definition) is 4. The Hall–Kier alpha value is -3.70. The van der Waals surface area contributed by atoms with E-state index in [9.17, 15) is 10.5 Å². The zero-order valence-corrected chi connectivity index (χ0v) is 17.4. The molecule has 30 heavy (non-hydrogen) atoms. The number of hydrogen-bond donors (Lipinski definition) is 0. The molecule has 2 aromatic heterocycles. The van der Waals surface area contributed by atoms with Crippen LogP contribution in [0.3, 0.4) is 0 Å². The van der Waals surface area contributed by atoms with Gasteiger partial charge in [-0.2, -0.15) is 10.5 Å². The molecule has 5 rings (SSSR count). The van der Waals surface area contributed by atoms with Gasteiger partial charge in [-0.05, 0) is 79.2 Å². The van der Waals surface area contributed by atoms with Gasteiger partial charge in [0.25, 0.3) is 0 Å². The quantitative estimate of drug-likeness (QED) is 0.300. The summed E-state index contributed by atoms with van der Waals surface area (Å²) in [5.74, 6) is 0. The van der Waals surface area contributed by atoms with Crippen LogP contribution in [0.2, 0.25) is 0 Å². The number of benzene rings is 2. The molecule has 1 aliphatic carbocycles. The number of thiophene rings is 2. The molecule has 140 valence electrons. The molecule has 2 aromatic carbocycles. The van der Waals surface area contributed by atoms with Crippen LogP contribution >= 0.6 is 22.7 Å². The van der Waals surface area contributed by atoms with Gasteiger partial charge in [0.1, 0.15) is 12.1 Å². The third kappa shape index (κ3) is 3.19. The van der Waals surface area contributed by atoms with E-state index in [1.54, 1.807) is 22.7 Å². The maximum absolute atomic E-state index is 9.53. The predicted octanol–water partition coefficient (Wildman–Crippen LogP) is 6.83. The first-order valence-electron chi connectivity index (χ1n) is 9.37. The van der Waals surface area contributed by atoms with E-state index in [1.165, 1.54) is 20.9 Å². The number of nitrogens with zero attached hydrogens (tertiary/aromatic N) is 2. The third-order valence-corrected chi connectivity index (χ3v) is 6.91. The molecule has 0 spiro atoms. The van der Waals surface area contributed by atoms with Crippen LogP contribution in [0, 0.1) is 43.5 Å². The van der Waals surface area contributed by atoms with E-state index >= 15 is 0 Å². The van der Waals surface area contributed by atoms with Gasteiger partial charge in [-0.25, -0.2) is 0 Å². The Morgan fingerprint density at radius 1 is 0.633 bits per heavy atom. The molecule has 0 aliphatic heterocycles. The maximum Gasteiger partial charge on any atom is 0.101 e. The lowest BCUT2D eigenvalue weighted by atomic mass is 9.96. The highest BCUT2D eigenvalue weighted by molar-refractivity contribution is 7.11. The van der Waals surface area contributed by atoms with Gasteiger partial charge in [0.05, 0.1) is 11.1 Å². The summed E-state index contributed by atoms with van der Waals surface area (Å²) in [7, 11) is 0. The highest BCUT2D eigenvalue weighted by atomic mass is 32.1. The molecule has 0 saturated heterocycles. The average molecular weight is 419 g/mol. The SMILES string of the molecule is N#C/C(=C\c1ccc2c(c1)=c1cc(/C=C(\C#N)c3cccs3)ccc1=2)c1cccs1. The fourth-order valence-corrected chi connectivity index (χ4v) is 5.05. The van der Waals surface area contributed by atoms with E-state index in [-0.39, 0.29) is 0 Å². The van der Waals surface area contributed by atoms with Crippen LogP contribution in [0.15, 0.2) is 71.4 Å². The van der Waals surface area contributed by atoms with Gasteiger partial charge in [-0.3, -0.25) is 0 Å². The van der Waals surface area contributed by atoms with Crippen molar-refractivity contribution in [1.29, 1.82) is 10.5 Å². The van der Waals surface area contributed by atoms with Gasteiger partial charge in [0, 0.05) is 9.75 Å². The van der Waals surface area contributed by atoms with Gasteiger partial charge in [0.15, 0.2) is 0 Å². The molecule has 0 atom stereocenters. The first-order valence-corrected chi connectivity index (χ1v) is 11.1. The minimum absolute atomic E-state index is 0.677. The summed E-state index contributed by atoms with van der Waals surface area (Å²) >= 11 is 3.14. The Bertz CT molecular complexity index is 1470. The van der Waals surface area contributed by atoms with Crippen LogP contribution in [-0.2, 0) is 0 Å². The second-order valence-corrected chi connectivity index (χ2v) is 8.80. The Kier molecular flexibility index (Phi) is 4.65. The topological polar surface area (TPSA) is 47.6 Å². The first kappa shape index (κ1) is 18.3. The second-order valence-electron chi connectivity index (χ2n) is 6.90. The van der Waals surface area contributed by atoms with E-state index in [1.807, 2.05) is 47.2 Å². The third-order valence-electron chi connectivity index (χ3n) is 5.10. The van der Waals surface area contributed by atoms with Crippen molar-refractivity contribution in [2.24, 2.45) is 0 Å². The van der Waals surface area contributed by atoms with Crippen LogP contribution in [0.4, 0.5) is 0 Å². The van der Waals surface area contributed by atoms with Crippen LogP contribution in [0.25, 0.3) is 23.3 Å². The van der Waals surface area contributed by atoms with E-state index in [0.29, 0.717) is 11.1 Å². The second kappa shape index (κ2) is 7.61. The number of allylic oxidation sites excluding steroid dienone is 2. The van der Waals surface area contributed by atoms with Gasteiger partial charge >= 0.3 is 0 Å². The molecule has 0 unspecified atom stereocenters. The molecule has 1 aliphatic rings. The Morgan fingerprint density at radius 3 is 1.47 bits per heavy atom. The minimum Gasteiger partial charge on any atom is -0.192 e. The van der Waals surface area contributed by atoms with E-state index in [2.05, 4.69) is 48.5 Å². The van der Waals surface area contributed by atoms with Gasteiger partial charge in [-0.15, -0.1) is 22.7 Å². The van der Waals surface area contributed by atoms with Gasteiger partial charge in [-0.1, -0.05) is 36.4 Å². The summed E-state index contributed by atoms with van der Waals surface area (Å²) < 4.78 is 0. The molecule has 0 bridgehead atoms. The highest BCUT2D eigenvalue weighted by Gasteiger charge is 2.07. The van der Waals surface area contributed by atoms with Gasteiger partial charge < -0.3 is 0 Å².